The van der Waals surface area contributed by atoms with E-state index in [1.807, 2.05) is 12.5 Å². The van der Waals surface area contributed by atoms with E-state index in [0.29, 0.717) is 29.0 Å². The van der Waals surface area contributed by atoms with Crippen LogP contribution in [-0.2, 0) is 6.61 Å². The van der Waals surface area contributed by atoms with Crippen molar-refractivity contribution >= 4 is 11.6 Å². The van der Waals surface area contributed by atoms with Crippen molar-refractivity contribution in [2.24, 2.45) is 0 Å². The Balaban J connectivity index is 1.76. The van der Waals surface area contributed by atoms with Gasteiger partial charge >= 0.3 is 0 Å². The molecule has 0 bridgehead atoms. The van der Waals surface area contributed by atoms with Gasteiger partial charge in [0, 0.05) is 16.6 Å². The summed E-state index contributed by atoms with van der Waals surface area (Å²) in [6.45, 7) is 2.14. The van der Waals surface area contributed by atoms with Crippen molar-refractivity contribution in [2.45, 2.75) is 38.5 Å². The number of imidazole rings is 1. The number of aliphatic hydroxyl groups excluding tert-OH is 1. The van der Waals surface area contributed by atoms with Crippen LogP contribution in [0.25, 0.3) is 0 Å². The molecule has 1 fully saturated rings. The van der Waals surface area contributed by atoms with Gasteiger partial charge in [0.25, 0.3) is 0 Å². The Morgan fingerprint density at radius 1 is 1.50 bits per heavy atom. The van der Waals surface area contributed by atoms with Gasteiger partial charge in [-0.3, -0.25) is 0 Å². The zero-order valence-electron chi connectivity index (χ0n) is 11.3. The molecule has 1 saturated carbocycles. The second-order valence-electron chi connectivity index (χ2n) is 5.17. The van der Waals surface area contributed by atoms with Gasteiger partial charge < -0.3 is 14.4 Å². The van der Waals surface area contributed by atoms with E-state index in [1.165, 1.54) is 12.8 Å². The molecule has 0 amide bonds. The molecule has 1 aliphatic carbocycles. The van der Waals surface area contributed by atoms with Crippen molar-refractivity contribution in [3.8, 4) is 5.75 Å². The average Bonchev–Trinajstić information content (AvgIpc) is 3.16. The van der Waals surface area contributed by atoms with Gasteiger partial charge in [-0.05, 0) is 38.0 Å². The van der Waals surface area contributed by atoms with E-state index >= 15 is 0 Å². The van der Waals surface area contributed by atoms with Crippen LogP contribution in [0.5, 0.6) is 5.75 Å². The van der Waals surface area contributed by atoms with Gasteiger partial charge in [0.1, 0.15) is 12.4 Å². The van der Waals surface area contributed by atoms with Crippen LogP contribution in [0.2, 0.25) is 5.02 Å². The van der Waals surface area contributed by atoms with Crippen LogP contribution in [0.1, 0.15) is 43.2 Å². The lowest BCUT2D eigenvalue weighted by Gasteiger charge is -2.14. The molecule has 2 aromatic rings. The Bertz CT molecular complexity index is 606. The van der Waals surface area contributed by atoms with E-state index in [0.717, 1.165) is 5.69 Å². The van der Waals surface area contributed by atoms with Crippen molar-refractivity contribution < 1.29 is 9.84 Å². The minimum absolute atomic E-state index is 0.442. The summed E-state index contributed by atoms with van der Waals surface area (Å²) in [5.41, 5.74) is 1.76. The maximum Gasteiger partial charge on any atom is 0.130 e. The fourth-order valence-electron chi connectivity index (χ4n) is 2.25. The van der Waals surface area contributed by atoms with E-state index in [4.69, 9.17) is 16.3 Å². The SMILES string of the molecule is CC(O)c1cc(Cl)ccc1OCc1cncn1C1CC1. The molecule has 1 unspecified atom stereocenters. The predicted octanol–water partition coefficient (Wildman–Crippen LogP) is 3.50. The third-order valence-corrected chi connectivity index (χ3v) is 3.72. The van der Waals surface area contributed by atoms with Gasteiger partial charge in [0.2, 0.25) is 0 Å². The first kappa shape index (κ1) is 13.5. The molecule has 3 rings (SSSR count). The Hall–Kier alpha value is -1.52. The summed E-state index contributed by atoms with van der Waals surface area (Å²) in [7, 11) is 0. The van der Waals surface area contributed by atoms with E-state index in [9.17, 15) is 5.11 Å². The minimum Gasteiger partial charge on any atom is -0.487 e. The molecule has 0 spiro atoms. The summed E-state index contributed by atoms with van der Waals surface area (Å²) in [5.74, 6) is 0.660. The fourth-order valence-corrected chi connectivity index (χ4v) is 2.43. The van der Waals surface area contributed by atoms with Gasteiger partial charge in [0.05, 0.1) is 24.3 Å². The molecule has 0 aliphatic heterocycles. The monoisotopic (exact) mass is 292 g/mol. The summed E-state index contributed by atoms with van der Waals surface area (Å²) in [6.07, 6.45) is 5.49. The van der Waals surface area contributed by atoms with Gasteiger partial charge in [0.15, 0.2) is 0 Å². The van der Waals surface area contributed by atoms with Crippen LogP contribution < -0.4 is 4.74 Å². The number of rotatable bonds is 5. The van der Waals surface area contributed by atoms with E-state index < -0.39 is 6.10 Å². The topological polar surface area (TPSA) is 47.3 Å². The molecular weight excluding hydrogens is 276 g/mol. The first-order valence-electron chi connectivity index (χ1n) is 6.76. The minimum atomic E-state index is -0.614. The zero-order valence-corrected chi connectivity index (χ0v) is 12.0. The lowest BCUT2D eigenvalue weighted by atomic mass is 10.1. The summed E-state index contributed by atoms with van der Waals surface area (Å²) in [5, 5.41) is 10.4. The summed E-state index contributed by atoms with van der Waals surface area (Å²) in [4.78, 5) is 4.18. The van der Waals surface area contributed by atoms with Crippen molar-refractivity contribution in [3.05, 3.63) is 47.0 Å². The molecule has 106 valence electrons. The molecule has 1 N–H and O–H groups in total. The zero-order chi connectivity index (χ0) is 14.1. The number of hydrogen-bond donors (Lipinski definition) is 1. The number of halogens is 1. The van der Waals surface area contributed by atoms with Crippen LogP contribution in [0, 0.1) is 0 Å². The van der Waals surface area contributed by atoms with Crippen LogP contribution >= 0.6 is 11.6 Å². The molecule has 20 heavy (non-hydrogen) atoms. The van der Waals surface area contributed by atoms with Crippen molar-refractivity contribution in [2.75, 3.05) is 0 Å². The van der Waals surface area contributed by atoms with E-state index in [2.05, 4.69) is 9.55 Å². The number of aromatic nitrogens is 2. The van der Waals surface area contributed by atoms with Gasteiger partial charge in [-0.15, -0.1) is 0 Å². The molecule has 0 radical (unpaired) electrons. The van der Waals surface area contributed by atoms with Crippen molar-refractivity contribution in [3.63, 3.8) is 0 Å². The van der Waals surface area contributed by atoms with Crippen molar-refractivity contribution in [1.29, 1.82) is 0 Å². The average molecular weight is 293 g/mol. The second-order valence-corrected chi connectivity index (χ2v) is 5.61. The third kappa shape index (κ3) is 2.81. The lowest BCUT2D eigenvalue weighted by molar-refractivity contribution is 0.189. The highest BCUT2D eigenvalue weighted by molar-refractivity contribution is 6.30. The first-order valence-corrected chi connectivity index (χ1v) is 7.14. The summed E-state index contributed by atoms with van der Waals surface area (Å²) in [6, 6.07) is 5.88. The molecule has 1 aliphatic rings. The predicted molar refractivity (Wildman–Crippen MR) is 76.9 cm³/mol. The van der Waals surface area contributed by atoms with E-state index in [-0.39, 0.29) is 0 Å². The number of nitrogens with zero attached hydrogens (tertiary/aromatic N) is 2. The Kier molecular flexibility index (Phi) is 3.68. The molecule has 4 nitrogen and oxygen atoms in total. The standard InChI is InChI=1S/C15H17ClN2O2/c1-10(19)14-6-11(16)2-5-15(14)20-8-13-7-17-9-18(13)12-3-4-12/h2,5-7,9-10,12,19H,3-4,8H2,1H3. The molecule has 5 heteroatoms. The molecular formula is C15H17ClN2O2. The maximum atomic E-state index is 9.78. The molecule has 1 aromatic heterocycles. The number of hydrogen-bond acceptors (Lipinski definition) is 3. The molecule has 1 atom stereocenters. The number of aliphatic hydroxyl groups is 1. The smallest absolute Gasteiger partial charge is 0.130 e. The van der Waals surface area contributed by atoms with Crippen LogP contribution in [0.4, 0.5) is 0 Å². The Morgan fingerprint density at radius 2 is 2.30 bits per heavy atom. The van der Waals surface area contributed by atoms with Crippen molar-refractivity contribution in [1.82, 2.24) is 9.55 Å². The summed E-state index contributed by atoms with van der Waals surface area (Å²) < 4.78 is 8.00. The lowest BCUT2D eigenvalue weighted by Crippen LogP contribution is -2.05. The number of ether oxygens (including phenoxy) is 1. The largest absolute Gasteiger partial charge is 0.487 e. The van der Waals surface area contributed by atoms with Crippen LogP contribution in [0.3, 0.4) is 0 Å². The second kappa shape index (κ2) is 5.46. The van der Waals surface area contributed by atoms with Gasteiger partial charge in [-0.2, -0.15) is 0 Å². The first-order chi connectivity index (χ1) is 9.65. The highest BCUT2D eigenvalue weighted by Crippen LogP contribution is 2.36. The third-order valence-electron chi connectivity index (χ3n) is 3.48. The van der Waals surface area contributed by atoms with E-state index in [1.54, 1.807) is 25.1 Å². The highest BCUT2D eigenvalue weighted by Gasteiger charge is 2.25. The van der Waals surface area contributed by atoms with Crippen LogP contribution in [-0.4, -0.2) is 14.7 Å². The number of benzene rings is 1. The highest BCUT2D eigenvalue weighted by atomic mass is 35.5. The van der Waals surface area contributed by atoms with Gasteiger partial charge in [-0.1, -0.05) is 11.6 Å². The summed E-state index contributed by atoms with van der Waals surface area (Å²) >= 11 is 5.95. The van der Waals surface area contributed by atoms with Crippen LogP contribution in [0.15, 0.2) is 30.7 Å². The molecule has 0 saturated heterocycles. The maximum absolute atomic E-state index is 9.78. The molecule has 1 aromatic carbocycles. The van der Waals surface area contributed by atoms with Gasteiger partial charge in [-0.25, -0.2) is 4.98 Å². The molecule has 1 heterocycles. The Morgan fingerprint density at radius 3 is 3.00 bits per heavy atom. The quantitative estimate of drug-likeness (QED) is 0.917. The fraction of sp³-hybridized carbons (Fsp3) is 0.400. The normalized spacial score (nSPS) is 16.1. The Labute approximate surface area is 123 Å².